The predicted molar refractivity (Wildman–Crippen MR) is 161 cm³/mol. The number of hydrogen-bond donors (Lipinski definition) is 3. The Labute approximate surface area is 247 Å². The average Bonchev–Trinajstić information content (AvgIpc) is 3.33. The van der Waals surface area contributed by atoms with Gasteiger partial charge in [0.25, 0.3) is 0 Å². The minimum Gasteiger partial charge on any atom is -0.480 e. The van der Waals surface area contributed by atoms with Gasteiger partial charge < -0.3 is 20.5 Å². The fraction of sp³-hybridized carbons (Fsp3) is 0.382. The maximum atomic E-state index is 13.5. The maximum absolute atomic E-state index is 13.5. The van der Waals surface area contributed by atoms with Crippen LogP contribution in [-0.2, 0) is 20.9 Å². The Bertz CT molecular complexity index is 1390. The van der Waals surface area contributed by atoms with Crippen molar-refractivity contribution >= 4 is 18.0 Å². The smallest absolute Gasteiger partial charge is 0.407 e. The lowest BCUT2D eigenvalue weighted by molar-refractivity contribution is -0.152. The van der Waals surface area contributed by atoms with Crippen LogP contribution in [0.15, 0.2) is 78.9 Å². The highest BCUT2D eigenvalue weighted by molar-refractivity contribution is 5.90. The molecule has 1 unspecified atom stereocenters. The quantitative estimate of drug-likeness (QED) is 0.311. The van der Waals surface area contributed by atoms with E-state index in [0.717, 1.165) is 28.8 Å². The molecule has 3 aromatic rings. The molecular weight excluding hydrogens is 530 g/mol. The lowest BCUT2D eigenvalue weighted by atomic mass is 9.82. The fourth-order valence-corrected chi connectivity index (χ4v) is 5.98. The zero-order chi connectivity index (χ0) is 29.7. The lowest BCUT2D eigenvalue weighted by Crippen LogP contribution is -2.63. The molecule has 1 aliphatic heterocycles. The second kappa shape index (κ2) is 12.4. The summed E-state index contributed by atoms with van der Waals surface area (Å²) in [7, 11) is 0. The summed E-state index contributed by atoms with van der Waals surface area (Å²) >= 11 is 0. The number of ether oxygens (including phenoxy) is 1. The molecule has 0 aromatic heterocycles. The van der Waals surface area contributed by atoms with E-state index in [4.69, 9.17) is 4.74 Å². The average molecular weight is 570 g/mol. The summed E-state index contributed by atoms with van der Waals surface area (Å²) in [5.74, 6) is -1.48. The molecule has 2 amide bonds. The monoisotopic (exact) mass is 569 g/mol. The normalized spacial score (nSPS) is 17.4. The Morgan fingerprint density at radius 1 is 0.929 bits per heavy atom. The first kappa shape index (κ1) is 29.3. The number of nitrogens with one attached hydrogen (secondary N) is 2. The van der Waals surface area contributed by atoms with Gasteiger partial charge in [0.05, 0.1) is 5.41 Å². The SMILES string of the molecule is CCC(C)(CNC(=O)OCC1c2ccccc2-c2ccccc21)C(=O)NC1(C(=O)O)CCN(Cc2ccccc2)CC1. The molecule has 0 bridgehead atoms. The van der Waals surface area contributed by atoms with Crippen LogP contribution >= 0.6 is 0 Å². The molecule has 1 aliphatic carbocycles. The molecule has 3 aromatic carbocycles. The standard InChI is InChI=1S/C34H39N3O5/c1-3-33(2,30(38)36-34(31(39)40)17-19-37(20-18-34)21-24-11-5-4-6-12-24)23-35-32(41)42-22-29-27-15-9-7-13-25(27)26-14-8-10-16-28(26)29/h4-16,29H,3,17-23H2,1-2H3,(H,35,41)(H,36,38)(H,39,40). The summed E-state index contributed by atoms with van der Waals surface area (Å²) in [5.41, 5.74) is 3.36. The number of amides is 2. The van der Waals surface area contributed by atoms with E-state index in [9.17, 15) is 19.5 Å². The van der Waals surface area contributed by atoms with Gasteiger partial charge in [0.1, 0.15) is 12.1 Å². The number of hydrogen-bond acceptors (Lipinski definition) is 5. The largest absolute Gasteiger partial charge is 0.480 e. The molecule has 3 N–H and O–H groups in total. The summed E-state index contributed by atoms with van der Waals surface area (Å²) in [6, 6.07) is 26.3. The first-order valence-corrected chi connectivity index (χ1v) is 14.7. The van der Waals surface area contributed by atoms with Crippen molar-refractivity contribution in [1.29, 1.82) is 0 Å². The lowest BCUT2D eigenvalue weighted by Gasteiger charge is -2.41. The molecule has 1 atom stereocenters. The van der Waals surface area contributed by atoms with Gasteiger partial charge in [-0.25, -0.2) is 9.59 Å². The number of carboxylic acids is 1. The Hall–Kier alpha value is -4.17. The highest BCUT2D eigenvalue weighted by atomic mass is 16.5. The predicted octanol–water partition coefficient (Wildman–Crippen LogP) is 5.18. The van der Waals surface area contributed by atoms with Gasteiger partial charge in [-0.2, -0.15) is 0 Å². The molecule has 8 heteroatoms. The van der Waals surface area contributed by atoms with Gasteiger partial charge in [-0.3, -0.25) is 9.69 Å². The molecule has 1 heterocycles. The third kappa shape index (κ3) is 6.04. The molecule has 0 spiro atoms. The molecule has 2 aliphatic rings. The molecule has 8 nitrogen and oxygen atoms in total. The number of nitrogens with zero attached hydrogens (tertiary/aromatic N) is 1. The highest BCUT2D eigenvalue weighted by Gasteiger charge is 2.46. The zero-order valence-electron chi connectivity index (χ0n) is 24.3. The van der Waals surface area contributed by atoms with E-state index in [0.29, 0.717) is 32.4 Å². The van der Waals surface area contributed by atoms with Crippen molar-refractivity contribution in [1.82, 2.24) is 15.5 Å². The van der Waals surface area contributed by atoms with Gasteiger partial charge in [0, 0.05) is 32.1 Å². The summed E-state index contributed by atoms with van der Waals surface area (Å²) in [4.78, 5) is 40.9. The third-order valence-corrected chi connectivity index (χ3v) is 9.02. The molecule has 1 saturated heterocycles. The molecule has 0 radical (unpaired) electrons. The molecule has 42 heavy (non-hydrogen) atoms. The second-order valence-electron chi connectivity index (χ2n) is 11.7. The fourth-order valence-electron chi connectivity index (χ4n) is 5.98. The van der Waals surface area contributed by atoms with Gasteiger partial charge in [-0.05, 0) is 54.0 Å². The van der Waals surface area contributed by atoms with Crippen LogP contribution in [0.2, 0.25) is 0 Å². The number of benzene rings is 3. The van der Waals surface area contributed by atoms with Crippen molar-refractivity contribution in [2.45, 2.75) is 51.1 Å². The van der Waals surface area contributed by atoms with E-state index in [-0.39, 0.29) is 25.0 Å². The number of fused-ring (bicyclic) bond motifs is 3. The van der Waals surface area contributed by atoms with Gasteiger partial charge >= 0.3 is 12.1 Å². The van der Waals surface area contributed by atoms with E-state index >= 15 is 0 Å². The zero-order valence-corrected chi connectivity index (χ0v) is 24.3. The molecule has 220 valence electrons. The van der Waals surface area contributed by atoms with E-state index in [2.05, 4.69) is 51.9 Å². The number of carbonyl (C=O) groups excluding carboxylic acids is 2. The van der Waals surface area contributed by atoms with E-state index in [1.807, 2.05) is 49.4 Å². The number of alkyl carbamates (subject to hydrolysis) is 1. The van der Waals surface area contributed by atoms with Crippen LogP contribution in [0, 0.1) is 5.41 Å². The number of piperidine rings is 1. The third-order valence-electron chi connectivity index (χ3n) is 9.02. The highest BCUT2D eigenvalue weighted by Crippen LogP contribution is 2.44. The number of likely N-dealkylation sites (tertiary alicyclic amines) is 1. The number of carboxylic acid groups (broad SMARTS) is 1. The molecular formula is C34H39N3O5. The van der Waals surface area contributed by atoms with Crippen LogP contribution in [-0.4, -0.2) is 59.8 Å². The van der Waals surface area contributed by atoms with Gasteiger partial charge in [-0.1, -0.05) is 85.8 Å². The minimum atomic E-state index is -1.34. The number of rotatable bonds is 10. The van der Waals surface area contributed by atoms with Crippen molar-refractivity contribution in [2.75, 3.05) is 26.2 Å². The Kier molecular flexibility index (Phi) is 8.64. The molecule has 0 saturated carbocycles. The van der Waals surface area contributed by atoms with Crippen molar-refractivity contribution in [3.8, 4) is 11.1 Å². The van der Waals surface area contributed by atoms with Crippen LogP contribution in [0.5, 0.6) is 0 Å². The summed E-state index contributed by atoms with van der Waals surface area (Å²) in [6.45, 7) is 5.66. The van der Waals surface area contributed by atoms with Crippen molar-refractivity contribution in [3.05, 3.63) is 95.6 Å². The minimum absolute atomic E-state index is 0.0296. The first-order chi connectivity index (χ1) is 20.2. The van der Waals surface area contributed by atoms with Crippen LogP contribution in [0.3, 0.4) is 0 Å². The molecule has 1 fully saturated rings. The topological polar surface area (TPSA) is 108 Å². The van der Waals surface area contributed by atoms with Crippen LogP contribution in [0.1, 0.15) is 55.7 Å². The first-order valence-electron chi connectivity index (χ1n) is 14.7. The van der Waals surface area contributed by atoms with E-state index in [1.54, 1.807) is 6.92 Å². The van der Waals surface area contributed by atoms with Gasteiger partial charge in [0.2, 0.25) is 5.91 Å². The van der Waals surface area contributed by atoms with E-state index in [1.165, 1.54) is 5.56 Å². The summed E-state index contributed by atoms with van der Waals surface area (Å²) in [6.07, 6.45) is 0.422. The Balaban J connectivity index is 1.16. The van der Waals surface area contributed by atoms with E-state index < -0.39 is 23.0 Å². The van der Waals surface area contributed by atoms with Crippen molar-refractivity contribution < 1.29 is 24.2 Å². The number of carbonyl (C=O) groups is 3. The van der Waals surface area contributed by atoms with Gasteiger partial charge in [-0.15, -0.1) is 0 Å². The van der Waals surface area contributed by atoms with Crippen LogP contribution < -0.4 is 10.6 Å². The Morgan fingerprint density at radius 3 is 2.07 bits per heavy atom. The van der Waals surface area contributed by atoms with Crippen LogP contribution in [0.4, 0.5) is 4.79 Å². The summed E-state index contributed by atoms with van der Waals surface area (Å²) in [5, 5.41) is 15.8. The van der Waals surface area contributed by atoms with Crippen molar-refractivity contribution in [2.24, 2.45) is 5.41 Å². The maximum Gasteiger partial charge on any atom is 0.407 e. The Morgan fingerprint density at radius 2 is 1.50 bits per heavy atom. The number of aliphatic carboxylic acids is 1. The van der Waals surface area contributed by atoms with Crippen LogP contribution in [0.25, 0.3) is 11.1 Å². The summed E-state index contributed by atoms with van der Waals surface area (Å²) < 4.78 is 5.65. The van der Waals surface area contributed by atoms with Crippen molar-refractivity contribution in [3.63, 3.8) is 0 Å². The molecule has 5 rings (SSSR count). The second-order valence-corrected chi connectivity index (χ2v) is 11.7. The van der Waals surface area contributed by atoms with Gasteiger partial charge in [0.15, 0.2) is 0 Å².